The molecular weight excluding hydrogens is 314 g/mol. The summed E-state index contributed by atoms with van der Waals surface area (Å²) in [5, 5.41) is 25.6. The number of anilines is 1. The van der Waals surface area contributed by atoms with E-state index in [0.717, 1.165) is 18.2 Å². The fraction of sp³-hybridized carbons (Fsp3) is 0.125. The monoisotopic (exact) mass is 329 g/mol. The second-order valence-electron chi connectivity index (χ2n) is 4.85. The maximum atomic E-state index is 12.2. The molecule has 0 bridgehead atoms. The number of non-ortho nitro benzene ring substituents is 1. The average Bonchev–Trinajstić information content (AvgIpc) is 2.55. The number of rotatable bonds is 5. The molecule has 0 fully saturated rings. The van der Waals surface area contributed by atoms with Crippen molar-refractivity contribution in [3.63, 3.8) is 0 Å². The van der Waals surface area contributed by atoms with Crippen LogP contribution >= 0.6 is 0 Å². The Morgan fingerprint density at radius 1 is 1.17 bits per heavy atom. The number of phenols is 1. The summed E-state index contributed by atoms with van der Waals surface area (Å²) >= 11 is 0. The Hall–Kier alpha value is -3.42. The number of hydrogen-bond acceptors (Lipinski definition) is 5. The van der Waals surface area contributed by atoms with Crippen molar-refractivity contribution in [3.8, 4) is 5.75 Å². The van der Waals surface area contributed by atoms with E-state index in [2.05, 4.69) is 10.6 Å². The molecule has 0 saturated heterocycles. The van der Waals surface area contributed by atoms with Crippen LogP contribution in [0.3, 0.4) is 0 Å². The molecule has 0 saturated carbocycles. The third kappa shape index (κ3) is 3.86. The van der Waals surface area contributed by atoms with Crippen LogP contribution in [0.25, 0.3) is 0 Å². The van der Waals surface area contributed by atoms with Crippen LogP contribution in [0, 0.1) is 10.1 Å². The van der Waals surface area contributed by atoms with E-state index < -0.39 is 10.8 Å². The van der Waals surface area contributed by atoms with E-state index in [-0.39, 0.29) is 22.9 Å². The van der Waals surface area contributed by atoms with Gasteiger partial charge in [-0.1, -0.05) is 6.07 Å². The molecule has 0 aliphatic carbocycles. The minimum Gasteiger partial charge on any atom is -0.507 e. The normalized spacial score (nSPS) is 10.0. The second-order valence-corrected chi connectivity index (χ2v) is 4.85. The van der Waals surface area contributed by atoms with Gasteiger partial charge in [-0.05, 0) is 31.2 Å². The molecule has 0 unspecified atom stereocenters. The molecule has 2 amide bonds. The Bertz CT molecular complexity index is 804. The lowest BCUT2D eigenvalue weighted by atomic mass is 10.1. The van der Waals surface area contributed by atoms with Crippen LogP contribution in [0.2, 0.25) is 0 Å². The number of carbonyl (C=O) groups excluding carboxylic acids is 2. The molecular formula is C16H15N3O5. The van der Waals surface area contributed by atoms with Gasteiger partial charge >= 0.3 is 0 Å². The van der Waals surface area contributed by atoms with Crippen molar-refractivity contribution in [2.45, 2.75) is 6.92 Å². The number of aromatic hydroxyl groups is 1. The number of benzene rings is 2. The number of amides is 2. The van der Waals surface area contributed by atoms with E-state index in [1.165, 1.54) is 6.07 Å². The first kappa shape index (κ1) is 16.9. The number of phenolic OH excluding ortho intramolecular Hbond substituents is 1. The summed E-state index contributed by atoms with van der Waals surface area (Å²) in [4.78, 5) is 34.1. The molecule has 2 aromatic carbocycles. The molecule has 0 spiro atoms. The highest BCUT2D eigenvalue weighted by atomic mass is 16.6. The quantitative estimate of drug-likeness (QED) is 0.574. The number of nitrogens with zero attached hydrogens (tertiary/aromatic N) is 1. The molecule has 0 radical (unpaired) electrons. The fourth-order valence-corrected chi connectivity index (χ4v) is 2.02. The van der Waals surface area contributed by atoms with Gasteiger partial charge in [-0.2, -0.15) is 0 Å². The predicted molar refractivity (Wildman–Crippen MR) is 87.2 cm³/mol. The smallest absolute Gasteiger partial charge is 0.270 e. The highest BCUT2D eigenvalue weighted by Gasteiger charge is 2.17. The second kappa shape index (κ2) is 7.23. The minimum atomic E-state index is -0.718. The van der Waals surface area contributed by atoms with Crippen LogP contribution in [0.15, 0.2) is 42.5 Å². The van der Waals surface area contributed by atoms with E-state index in [1.807, 2.05) is 0 Å². The molecule has 24 heavy (non-hydrogen) atoms. The maximum Gasteiger partial charge on any atom is 0.270 e. The van der Waals surface area contributed by atoms with Gasteiger partial charge in [0.1, 0.15) is 5.75 Å². The highest BCUT2D eigenvalue weighted by Crippen LogP contribution is 2.24. The standard InChI is InChI=1S/C16H15N3O5/c1-2-17-15(21)10-4-3-5-11(8-10)18-16(22)13-9-12(19(23)24)6-7-14(13)20/h3-9,20H,2H2,1H3,(H,17,21)(H,18,22). The van der Waals surface area contributed by atoms with Crippen molar-refractivity contribution < 1.29 is 19.6 Å². The zero-order chi connectivity index (χ0) is 17.7. The van der Waals surface area contributed by atoms with Crippen molar-refractivity contribution in [3.05, 3.63) is 63.7 Å². The molecule has 0 heterocycles. The van der Waals surface area contributed by atoms with Crippen LogP contribution in [0.4, 0.5) is 11.4 Å². The van der Waals surface area contributed by atoms with Crippen molar-refractivity contribution in [2.24, 2.45) is 0 Å². The predicted octanol–water partition coefficient (Wildman–Crippen LogP) is 2.30. The summed E-state index contributed by atoms with van der Waals surface area (Å²) in [5.41, 5.74) is 0.147. The number of nitro benzene ring substituents is 1. The average molecular weight is 329 g/mol. The van der Waals surface area contributed by atoms with Crippen molar-refractivity contribution in [1.29, 1.82) is 0 Å². The molecule has 0 aromatic heterocycles. The van der Waals surface area contributed by atoms with Crippen molar-refractivity contribution in [2.75, 3.05) is 11.9 Å². The molecule has 0 atom stereocenters. The Morgan fingerprint density at radius 3 is 2.58 bits per heavy atom. The molecule has 2 aromatic rings. The Kier molecular flexibility index (Phi) is 5.10. The maximum absolute atomic E-state index is 12.2. The van der Waals surface area contributed by atoms with Gasteiger partial charge < -0.3 is 15.7 Å². The van der Waals surface area contributed by atoms with Gasteiger partial charge in [-0.3, -0.25) is 19.7 Å². The summed E-state index contributed by atoms with van der Waals surface area (Å²) in [5.74, 6) is -1.38. The van der Waals surface area contributed by atoms with Gasteiger partial charge in [0.05, 0.1) is 10.5 Å². The van der Waals surface area contributed by atoms with Gasteiger partial charge in [-0.15, -0.1) is 0 Å². The van der Waals surface area contributed by atoms with E-state index >= 15 is 0 Å². The summed E-state index contributed by atoms with van der Waals surface area (Å²) in [7, 11) is 0. The summed E-state index contributed by atoms with van der Waals surface area (Å²) in [6, 6.07) is 9.38. The summed E-state index contributed by atoms with van der Waals surface area (Å²) in [6.07, 6.45) is 0. The van der Waals surface area contributed by atoms with Gasteiger partial charge in [0.25, 0.3) is 17.5 Å². The summed E-state index contributed by atoms with van der Waals surface area (Å²) in [6.45, 7) is 2.26. The van der Waals surface area contributed by atoms with Crippen LogP contribution in [-0.4, -0.2) is 28.4 Å². The fourth-order valence-electron chi connectivity index (χ4n) is 2.02. The zero-order valence-electron chi connectivity index (χ0n) is 12.8. The number of hydrogen-bond donors (Lipinski definition) is 3. The first-order valence-corrected chi connectivity index (χ1v) is 7.09. The van der Waals surface area contributed by atoms with Crippen LogP contribution < -0.4 is 10.6 Å². The molecule has 8 heteroatoms. The topological polar surface area (TPSA) is 122 Å². The van der Waals surface area contributed by atoms with Crippen LogP contribution in [0.5, 0.6) is 5.75 Å². The van der Waals surface area contributed by atoms with E-state index in [9.17, 15) is 24.8 Å². The lowest BCUT2D eigenvalue weighted by molar-refractivity contribution is -0.384. The third-order valence-electron chi connectivity index (χ3n) is 3.16. The van der Waals surface area contributed by atoms with Crippen molar-refractivity contribution in [1.82, 2.24) is 5.32 Å². The van der Waals surface area contributed by atoms with E-state index in [4.69, 9.17) is 0 Å². The Labute approximate surface area is 137 Å². The van der Waals surface area contributed by atoms with Crippen molar-refractivity contribution >= 4 is 23.2 Å². The molecule has 0 aliphatic heterocycles. The van der Waals surface area contributed by atoms with Crippen LogP contribution in [-0.2, 0) is 0 Å². The first-order valence-electron chi connectivity index (χ1n) is 7.09. The highest BCUT2D eigenvalue weighted by molar-refractivity contribution is 6.07. The van der Waals surface area contributed by atoms with Gasteiger partial charge in [-0.25, -0.2) is 0 Å². The molecule has 2 rings (SSSR count). The number of carbonyl (C=O) groups is 2. The number of nitro groups is 1. The lowest BCUT2D eigenvalue weighted by Gasteiger charge is -2.08. The zero-order valence-corrected chi connectivity index (χ0v) is 12.8. The minimum absolute atomic E-state index is 0.229. The van der Waals surface area contributed by atoms with Gasteiger partial charge in [0.15, 0.2) is 0 Å². The third-order valence-corrected chi connectivity index (χ3v) is 3.16. The van der Waals surface area contributed by atoms with E-state index in [0.29, 0.717) is 17.8 Å². The Morgan fingerprint density at radius 2 is 1.92 bits per heavy atom. The molecule has 0 aliphatic rings. The SMILES string of the molecule is CCNC(=O)c1cccc(NC(=O)c2cc([N+](=O)[O-])ccc2O)c1. The molecule has 3 N–H and O–H groups in total. The first-order chi connectivity index (χ1) is 11.4. The van der Waals surface area contributed by atoms with Crippen LogP contribution in [0.1, 0.15) is 27.6 Å². The largest absolute Gasteiger partial charge is 0.507 e. The lowest BCUT2D eigenvalue weighted by Crippen LogP contribution is -2.22. The molecule has 8 nitrogen and oxygen atoms in total. The van der Waals surface area contributed by atoms with E-state index in [1.54, 1.807) is 25.1 Å². The van der Waals surface area contributed by atoms with Gasteiger partial charge in [0, 0.05) is 29.9 Å². The Balaban J connectivity index is 2.24. The van der Waals surface area contributed by atoms with Gasteiger partial charge in [0.2, 0.25) is 0 Å². The number of nitrogens with one attached hydrogen (secondary N) is 2. The molecule has 124 valence electrons. The summed E-state index contributed by atoms with van der Waals surface area (Å²) < 4.78 is 0.